The number of methoxy groups -OCH3 is 1. The van der Waals surface area contributed by atoms with Crippen LogP contribution < -0.4 is 0 Å². The van der Waals surface area contributed by atoms with E-state index in [0.29, 0.717) is 0 Å². The van der Waals surface area contributed by atoms with Gasteiger partial charge in [0, 0.05) is 0 Å². The highest BCUT2D eigenvalue weighted by molar-refractivity contribution is 5.22. The lowest BCUT2D eigenvalue weighted by Crippen LogP contribution is -1.77. The molecule has 0 amide bonds. The van der Waals surface area contributed by atoms with Crippen molar-refractivity contribution in [1.29, 1.82) is 0 Å². The first-order valence-corrected chi connectivity index (χ1v) is 3.01. The van der Waals surface area contributed by atoms with Gasteiger partial charge in [0.15, 0.2) is 0 Å². The molecular formula is C8H10O. The van der Waals surface area contributed by atoms with Gasteiger partial charge in [-0.25, -0.2) is 0 Å². The fraction of sp³-hybridized carbons (Fsp3) is 0.250. The van der Waals surface area contributed by atoms with Gasteiger partial charge in [0.25, 0.3) is 0 Å². The van der Waals surface area contributed by atoms with E-state index in [1.807, 2.05) is 18.2 Å². The summed E-state index contributed by atoms with van der Waals surface area (Å²) < 4.78 is 4.99. The predicted octanol–water partition coefficient (Wildman–Crippen LogP) is 2.03. The zero-order valence-electron chi connectivity index (χ0n) is 5.50. The van der Waals surface area contributed by atoms with Gasteiger partial charge in [-0.3, -0.25) is 0 Å². The lowest BCUT2D eigenvalue weighted by atomic mass is 10.4. The van der Waals surface area contributed by atoms with E-state index in [-0.39, 0.29) is 0 Å². The van der Waals surface area contributed by atoms with Crippen LogP contribution in [0.25, 0.3) is 0 Å². The van der Waals surface area contributed by atoms with E-state index in [0.717, 1.165) is 12.2 Å². The van der Waals surface area contributed by atoms with E-state index in [9.17, 15) is 0 Å². The molecule has 0 saturated carbocycles. The number of hydrogen-bond acceptors (Lipinski definition) is 1. The van der Waals surface area contributed by atoms with E-state index < -0.39 is 0 Å². The van der Waals surface area contributed by atoms with Crippen molar-refractivity contribution in [1.82, 2.24) is 0 Å². The Kier molecular flexibility index (Phi) is 2.13. The lowest BCUT2D eigenvalue weighted by Gasteiger charge is -1.94. The third-order valence-corrected chi connectivity index (χ3v) is 1.19. The van der Waals surface area contributed by atoms with Crippen molar-refractivity contribution in [2.24, 2.45) is 0 Å². The van der Waals surface area contributed by atoms with Crippen molar-refractivity contribution in [2.75, 3.05) is 7.11 Å². The molecule has 1 nitrogen and oxygen atoms in total. The van der Waals surface area contributed by atoms with Crippen LogP contribution in [0.5, 0.6) is 0 Å². The van der Waals surface area contributed by atoms with Crippen LogP contribution in [-0.4, -0.2) is 7.11 Å². The standard InChI is InChI=1S/C8H10O/c1-9-8-6-4-2-3-5-7-8/h2,4-7H,3H2,1H3. The second-order valence-corrected chi connectivity index (χ2v) is 1.84. The Balaban J connectivity index is 2.67. The third-order valence-electron chi connectivity index (χ3n) is 1.19. The lowest BCUT2D eigenvalue weighted by molar-refractivity contribution is 0.307. The van der Waals surface area contributed by atoms with Crippen molar-refractivity contribution in [3.05, 3.63) is 36.1 Å². The van der Waals surface area contributed by atoms with E-state index in [4.69, 9.17) is 4.74 Å². The Bertz CT molecular complexity index is 163. The Morgan fingerprint density at radius 1 is 1.44 bits per heavy atom. The molecule has 0 atom stereocenters. The summed E-state index contributed by atoms with van der Waals surface area (Å²) in [6.07, 6.45) is 11.1. The molecule has 1 rings (SSSR count). The van der Waals surface area contributed by atoms with Crippen LogP contribution in [0.3, 0.4) is 0 Å². The number of rotatable bonds is 1. The maximum Gasteiger partial charge on any atom is 0.118 e. The van der Waals surface area contributed by atoms with Crippen LogP contribution in [0.2, 0.25) is 0 Å². The second-order valence-electron chi connectivity index (χ2n) is 1.84. The van der Waals surface area contributed by atoms with Crippen LogP contribution in [0, 0.1) is 0 Å². The first-order valence-electron chi connectivity index (χ1n) is 3.01. The summed E-state index contributed by atoms with van der Waals surface area (Å²) >= 11 is 0. The zero-order chi connectivity index (χ0) is 6.53. The van der Waals surface area contributed by atoms with E-state index in [1.54, 1.807) is 7.11 Å². The minimum atomic E-state index is 0.920. The number of allylic oxidation sites excluding steroid dienone is 5. The van der Waals surface area contributed by atoms with Gasteiger partial charge < -0.3 is 4.74 Å². The summed E-state index contributed by atoms with van der Waals surface area (Å²) in [7, 11) is 1.68. The Hall–Kier alpha value is -0.980. The smallest absolute Gasteiger partial charge is 0.118 e. The van der Waals surface area contributed by atoms with Gasteiger partial charge in [-0.2, -0.15) is 0 Å². The number of ether oxygens (including phenoxy) is 1. The van der Waals surface area contributed by atoms with Crippen molar-refractivity contribution in [3.8, 4) is 0 Å². The molecule has 0 bridgehead atoms. The van der Waals surface area contributed by atoms with Gasteiger partial charge in [-0.15, -0.1) is 0 Å². The molecule has 0 N–H and O–H groups in total. The monoisotopic (exact) mass is 122 g/mol. The minimum Gasteiger partial charge on any atom is -0.497 e. The average molecular weight is 122 g/mol. The largest absolute Gasteiger partial charge is 0.497 e. The van der Waals surface area contributed by atoms with Crippen molar-refractivity contribution < 1.29 is 4.74 Å². The van der Waals surface area contributed by atoms with Crippen LogP contribution in [0.1, 0.15) is 6.42 Å². The summed E-state index contributed by atoms with van der Waals surface area (Å²) in [6, 6.07) is 0. The molecule has 0 radical (unpaired) electrons. The quantitative estimate of drug-likeness (QED) is 0.517. The van der Waals surface area contributed by atoms with Gasteiger partial charge in [0.1, 0.15) is 5.76 Å². The fourth-order valence-electron chi connectivity index (χ4n) is 0.696. The first kappa shape index (κ1) is 6.14. The van der Waals surface area contributed by atoms with E-state index in [1.165, 1.54) is 0 Å². The molecule has 0 heterocycles. The second kappa shape index (κ2) is 3.13. The van der Waals surface area contributed by atoms with Crippen molar-refractivity contribution >= 4 is 0 Å². The molecule has 48 valence electrons. The van der Waals surface area contributed by atoms with Crippen molar-refractivity contribution in [2.45, 2.75) is 6.42 Å². The molecule has 0 fully saturated rings. The first-order chi connectivity index (χ1) is 4.43. The maximum absolute atomic E-state index is 4.99. The summed E-state index contributed by atoms with van der Waals surface area (Å²) in [5.74, 6) is 0.920. The fourth-order valence-corrected chi connectivity index (χ4v) is 0.696. The highest BCUT2D eigenvalue weighted by Gasteiger charge is 1.87. The summed E-state index contributed by atoms with van der Waals surface area (Å²) in [6.45, 7) is 0. The van der Waals surface area contributed by atoms with Gasteiger partial charge in [0.05, 0.1) is 7.11 Å². The highest BCUT2D eigenvalue weighted by atomic mass is 16.5. The molecule has 1 aliphatic carbocycles. The van der Waals surface area contributed by atoms with Gasteiger partial charge >= 0.3 is 0 Å². The molecule has 9 heavy (non-hydrogen) atoms. The average Bonchev–Trinajstić information content (AvgIpc) is 2.13. The molecule has 1 aliphatic rings. The molecular weight excluding hydrogens is 112 g/mol. The SMILES string of the molecule is COC1=CC=CCC=C1. The van der Waals surface area contributed by atoms with Crippen LogP contribution in [-0.2, 0) is 4.74 Å². The Morgan fingerprint density at radius 2 is 2.33 bits per heavy atom. The summed E-state index contributed by atoms with van der Waals surface area (Å²) in [5.41, 5.74) is 0. The van der Waals surface area contributed by atoms with Gasteiger partial charge in [-0.1, -0.05) is 18.2 Å². The molecule has 0 spiro atoms. The normalized spacial score (nSPS) is 16.8. The van der Waals surface area contributed by atoms with Gasteiger partial charge in [0.2, 0.25) is 0 Å². The van der Waals surface area contributed by atoms with E-state index >= 15 is 0 Å². The highest BCUT2D eigenvalue weighted by Crippen LogP contribution is 2.03. The summed E-state index contributed by atoms with van der Waals surface area (Å²) in [5, 5.41) is 0. The molecule has 0 aromatic heterocycles. The van der Waals surface area contributed by atoms with E-state index in [2.05, 4.69) is 12.2 Å². The summed E-state index contributed by atoms with van der Waals surface area (Å²) in [4.78, 5) is 0. The molecule has 0 aliphatic heterocycles. The predicted molar refractivity (Wildman–Crippen MR) is 38.0 cm³/mol. The molecule has 0 saturated heterocycles. The molecule has 0 aromatic carbocycles. The molecule has 0 unspecified atom stereocenters. The topological polar surface area (TPSA) is 9.23 Å². The van der Waals surface area contributed by atoms with Crippen LogP contribution in [0.15, 0.2) is 36.1 Å². The molecule has 0 aromatic rings. The van der Waals surface area contributed by atoms with Crippen LogP contribution >= 0.6 is 0 Å². The van der Waals surface area contributed by atoms with Crippen LogP contribution in [0.4, 0.5) is 0 Å². The zero-order valence-corrected chi connectivity index (χ0v) is 5.50. The Labute approximate surface area is 55.3 Å². The maximum atomic E-state index is 4.99. The molecule has 1 heteroatoms. The van der Waals surface area contributed by atoms with Crippen molar-refractivity contribution in [3.63, 3.8) is 0 Å². The minimum absolute atomic E-state index is 0.920. The third kappa shape index (κ3) is 1.76. The number of hydrogen-bond donors (Lipinski definition) is 0. The van der Waals surface area contributed by atoms with Gasteiger partial charge in [-0.05, 0) is 18.6 Å². The Morgan fingerprint density at radius 3 is 3.11 bits per heavy atom.